The Morgan fingerprint density at radius 2 is 1.88 bits per heavy atom. The van der Waals surface area contributed by atoms with Gasteiger partial charge in [0.05, 0.1) is 5.56 Å². The first kappa shape index (κ1) is 18.0. The van der Waals surface area contributed by atoms with Crippen molar-refractivity contribution in [2.75, 3.05) is 26.2 Å². The van der Waals surface area contributed by atoms with Crippen LogP contribution >= 0.6 is 15.9 Å². The number of aromatic nitrogens is 1. The van der Waals surface area contributed by atoms with Gasteiger partial charge in [-0.05, 0) is 46.3 Å². The van der Waals surface area contributed by atoms with Gasteiger partial charge in [-0.2, -0.15) is 4.31 Å². The molecule has 0 bridgehead atoms. The van der Waals surface area contributed by atoms with E-state index < -0.39 is 15.8 Å². The number of rotatable bonds is 3. The van der Waals surface area contributed by atoms with Crippen LogP contribution in [0.2, 0.25) is 0 Å². The monoisotopic (exact) mass is 427 g/mol. The molecule has 0 spiro atoms. The number of halogens is 2. The van der Waals surface area contributed by atoms with E-state index in [4.69, 9.17) is 0 Å². The van der Waals surface area contributed by atoms with Gasteiger partial charge < -0.3 is 4.90 Å². The molecule has 1 amide bonds. The van der Waals surface area contributed by atoms with Gasteiger partial charge in [-0.1, -0.05) is 0 Å². The molecule has 9 heteroatoms. The first-order valence-corrected chi connectivity index (χ1v) is 9.77. The van der Waals surface area contributed by atoms with Crippen molar-refractivity contribution in [1.29, 1.82) is 0 Å². The van der Waals surface area contributed by atoms with E-state index in [1.807, 2.05) is 0 Å². The molecule has 1 aliphatic rings. The molecule has 1 fully saturated rings. The smallest absolute Gasteiger partial charge is 0.255 e. The maximum Gasteiger partial charge on any atom is 0.255 e. The summed E-state index contributed by atoms with van der Waals surface area (Å²) in [7, 11) is -3.62. The Morgan fingerprint density at radius 1 is 1.16 bits per heavy atom. The lowest BCUT2D eigenvalue weighted by atomic mass is 10.2. The van der Waals surface area contributed by atoms with Crippen molar-refractivity contribution in [3.05, 3.63) is 58.6 Å². The number of hydrogen-bond donors (Lipinski definition) is 0. The van der Waals surface area contributed by atoms with Crippen LogP contribution in [0, 0.1) is 5.82 Å². The second-order valence-corrected chi connectivity index (χ2v) is 8.30. The summed E-state index contributed by atoms with van der Waals surface area (Å²) in [6, 6.07) is 6.94. The number of pyridine rings is 1. The van der Waals surface area contributed by atoms with Crippen molar-refractivity contribution in [1.82, 2.24) is 14.2 Å². The van der Waals surface area contributed by atoms with Gasteiger partial charge in [0, 0.05) is 43.0 Å². The van der Waals surface area contributed by atoms with E-state index in [0.717, 1.165) is 0 Å². The van der Waals surface area contributed by atoms with Crippen LogP contribution in [0.25, 0.3) is 0 Å². The third kappa shape index (κ3) is 3.73. The number of sulfonamides is 1. The Labute approximate surface area is 153 Å². The van der Waals surface area contributed by atoms with Crippen LogP contribution in [0.15, 0.2) is 52.1 Å². The van der Waals surface area contributed by atoms with Crippen molar-refractivity contribution < 1.29 is 17.6 Å². The van der Waals surface area contributed by atoms with Gasteiger partial charge in [0.25, 0.3) is 5.91 Å². The normalized spacial score (nSPS) is 16.0. The van der Waals surface area contributed by atoms with E-state index in [9.17, 15) is 17.6 Å². The molecule has 6 nitrogen and oxygen atoms in total. The molecule has 0 aliphatic carbocycles. The SMILES string of the molecule is O=C(c1ccc(F)cc1Br)N1CCN(S(=O)(=O)c2cccnc2)CC1. The number of nitrogens with zero attached hydrogens (tertiary/aromatic N) is 3. The van der Waals surface area contributed by atoms with Gasteiger partial charge in [0.2, 0.25) is 10.0 Å². The molecule has 3 rings (SSSR count). The van der Waals surface area contributed by atoms with E-state index in [-0.39, 0.29) is 37.0 Å². The van der Waals surface area contributed by atoms with Crippen LogP contribution in [-0.2, 0) is 10.0 Å². The summed E-state index contributed by atoms with van der Waals surface area (Å²) < 4.78 is 40.0. The second-order valence-electron chi connectivity index (χ2n) is 5.51. The van der Waals surface area contributed by atoms with E-state index in [1.165, 1.54) is 41.0 Å². The Morgan fingerprint density at radius 3 is 2.48 bits per heavy atom. The average molecular weight is 428 g/mol. The van der Waals surface area contributed by atoms with Crippen LogP contribution in [0.3, 0.4) is 0 Å². The summed E-state index contributed by atoms with van der Waals surface area (Å²) >= 11 is 3.19. The minimum Gasteiger partial charge on any atom is -0.336 e. The van der Waals surface area contributed by atoms with Gasteiger partial charge in [-0.25, -0.2) is 12.8 Å². The van der Waals surface area contributed by atoms with Gasteiger partial charge in [0.1, 0.15) is 10.7 Å². The summed E-state index contributed by atoms with van der Waals surface area (Å²) in [5.74, 6) is -0.693. The number of carbonyl (C=O) groups is 1. The first-order chi connectivity index (χ1) is 11.9. The standard InChI is InChI=1S/C16H15BrFN3O3S/c17-15-10-12(18)3-4-14(15)16(22)20-6-8-21(9-7-20)25(23,24)13-2-1-5-19-11-13/h1-5,10-11H,6-9H2. The van der Waals surface area contributed by atoms with E-state index in [0.29, 0.717) is 10.0 Å². The summed E-state index contributed by atoms with van der Waals surface area (Å²) in [6.45, 7) is 0.924. The van der Waals surface area contributed by atoms with Crippen molar-refractivity contribution in [2.45, 2.75) is 4.90 Å². The van der Waals surface area contributed by atoms with Gasteiger partial charge in [-0.15, -0.1) is 0 Å². The third-order valence-corrected chi connectivity index (χ3v) is 6.50. The molecule has 0 atom stereocenters. The van der Waals surface area contributed by atoms with Crippen LogP contribution in [0.4, 0.5) is 4.39 Å². The highest BCUT2D eigenvalue weighted by molar-refractivity contribution is 9.10. The van der Waals surface area contributed by atoms with Crippen molar-refractivity contribution in [2.24, 2.45) is 0 Å². The van der Waals surface area contributed by atoms with Crippen LogP contribution < -0.4 is 0 Å². The fourth-order valence-electron chi connectivity index (χ4n) is 2.61. The third-order valence-electron chi connectivity index (χ3n) is 3.96. The molecule has 0 radical (unpaired) electrons. The zero-order chi connectivity index (χ0) is 18.0. The number of carbonyl (C=O) groups excluding carboxylic acids is 1. The molecule has 1 aliphatic heterocycles. The minimum atomic E-state index is -3.62. The van der Waals surface area contributed by atoms with Crippen LogP contribution in [-0.4, -0.2) is 54.7 Å². The molecule has 2 heterocycles. The Balaban J connectivity index is 1.70. The average Bonchev–Trinajstić information content (AvgIpc) is 2.62. The topological polar surface area (TPSA) is 70.6 Å². The number of benzene rings is 1. The largest absolute Gasteiger partial charge is 0.336 e. The summed E-state index contributed by atoms with van der Waals surface area (Å²) in [4.78, 5) is 18.1. The molecule has 2 aromatic rings. The maximum absolute atomic E-state index is 13.2. The molecule has 0 unspecified atom stereocenters. The Hall–Kier alpha value is -1.84. The zero-order valence-electron chi connectivity index (χ0n) is 13.1. The molecule has 1 aromatic carbocycles. The lowest BCUT2D eigenvalue weighted by Crippen LogP contribution is -2.50. The van der Waals surface area contributed by atoms with Gasteiger partial charge in [0.15, 0.2) is 0 Å². The number of piperazine rings is 1. The van der Waals surface area contributed by atoms with E-state index >= 15 is 0 Å². The van der Waals surface area contributed by atoms with Crippen molar-refractivity contribution >= 4 is 31.9 Å². The minimum absolute atomic E-state index is 0.135. The highest BCUT2D eigenvalue weighted by Gasteiger charge is 2.31. The fourth-order valence-corrected chi connectivity index (χ4v) is 4.52. The van der Waals surface area contributed by atoms with Gasteiger partial charge >= 0.3 is 0 Å². The summed E-state index contributed by atoms with van der Waals surface area (Å²) in [5.41, 5.74) is 0.352. The molecular weight excluding hydrogens is 413 g/mol. The molecular formula is C16H15BrFN3O3S. The summed E-state index contributed by atoms with van der Waals surface area (Å²) in [5, 5.41) is 0. The number of amides is 1. The molecule has 0 saturated carbocycles. The zero-order valence-corrected chi connectivity index (χ0v) is 15.5. The van der Waals surface area contributed by atoms with E-state index in [2.05, 4.69) is 20.9 Å². The molecule has 0 N–H and O–H groups in total. The second kappa shape index (κ2) is 7.19. The highest BCUT2D eigenvalue weighted by Crippen LogP contribution is 2.22. The van der Waals surface area contributed by atoms with Crippen molar-refractivity contribution in [3.8, 4) is 0 Å². The maximum atomic E-state index is 13.2. The molecule has 1 saturated heterocycles. The van der Waals surface area contributed by atoms with Crippen LogP contribution in [0.1, 0.15) is 10.4 Å². The lowest BCUT2D eigenvalue weighted by Gasteiger charge is -2.34. The molecule has 132 valence electrons. The van der Waals surface area contributed by atoms with Gasteiger partial charge in [-0.3, -0.25) is 9.78 Å². The first-order valence-electron chi connectivity index (χ1n) is 7.54. The fraction of sp³-hybridized carbons (Fsp3) is 0.250. The van der Waals surface area contributed by atoms with Crippen molar-refractivity contribution in [3.63, 3.8) is 0 Å². The quantitative estimate of drug-likeness (QED) is 0.751. The lowest BCUT2D eigenvalue weighted by molar-refractivity contribution is 0.0697. The predicted molar refractivity (Wildman–Crippen MR) is 93.0 cm³/mol. The molecule has 25 heavy (non-hydrogen) atoms. The Kier molecular flexibility index (Phi) is 5.16. The molecule has 1 aromatic heterocycles. The summed E-state index contributed by atoms with van der Waals surface area (Å²) in [6.07, 6.45) is 2.82. The highest BCUT2D eigenvalue weighted by atomic mass is 79.9. The number of hydrogen-bond acceptors (Lipinski definition) is 4. The predicted octanol–water partition coefficient (Wildman–Crippen LogP) is 2.13. The Bertz CT molecular complexity index is 885. The van der Waals surface area contributed by atoms with E-state index in [1.54, 1.807) is 11.0 Å². The van der Waals surface area contributed by atoms with Crippen LogP contribution in [0.5, 0.6) is 0 Å².